The van der Waals surface area contributed by atoms with Crippen LogP contribution < -0.4 is 5.73 Å². The maximum Gasteiger partial charge on any atom is 0.201 e. The fraction of sp³-hybridized carbons (Fsp3) is 0.462. The largest absolute Gasteiger partial charge is 0.369 e. The predicted octanol–water partition coefficient (Wildman–Crippen LogP) is 4.27. The van der Waals surface area contributed by atoms with Crippen LogP contribution in [0.5, 0.6) is 0 Å². The molecule has 0 aliphatic heterocycles. The second-order valence-corrected chi connectivity index (χ2v) is 5.30. The van der Waals surface area contributed by atoms with Crippen molar-refractivity contribution in [3.63, 3.8) is 0 Å². The molecule has 1 unspecified atom stereocenters. The normalized spacial score (nSPS) is 13.1. The summed E-state index contributed by atoms with van der Waals surface area (Å²) in [5.41, 5.74) is 7.48. The molecule has 0 radical (unpaired) electrons. The lowest BCUT2D eigenvalue weighted by Gasteiger charge is -2.18. The number of imidazole rings is 1. The first-order chi connectivity index (χ1) is 8.58. The topological polar surface area (TPSA) is 43.8 Å². The zero-order chi connectivity index (χ0) is 13.3. The quantitative estimate of drug-likeness (QED) is 0.916. The van der Waals surface area contributed by atoms with E-state index in [9.17, 15) is 4.39 Å². The van der Waals surface area contributed by atoms with Crippen molar-refractivity contribution in [1.82, 2.24) is 9.55 Å². The van der Waals surface area contributed by atoms with Gasteiger partial charge in [-0.1, -0.05) is 20.3 Å². The number of rotatable bonds is 4. The molecule has 5 heteroatoms. The molecule has 18 heavy (non-hydrogen) atoms. The highest BCUT2D eigenvalue weighted by atomic mass is 79.9. The molecule has 0 bridgehead atoms. The number of nitrogens with two attached hydrogens (primary N) is 1. The summed E-state index contributed by atoms with van der Waals surface area (Å²) in [6.07, 6.45) is 3.11. The Morgan fingerprint density at radius 3 is 2.78 bits per heavy atom. The molecule has 0 saturated heterocycles. The number of halogens is 2. The highest BCUT2D eigenvalue weighted by Crippen LogP contribution is 2.30. The summed E-state index contributed by atoms with van der Waals surface area (Å²) in [7, 11) is 0. The van der Waals surface area contributed by atoms with E-state index >= 15 is 0 Å². The van der Waals surface area contributed by atoms with Gasteiger partial charge in [-0.05, 0) is 34.8 Å². The van der Waals surface area contributed by atoms with E-state index in [0.717, 1.165) is 24.8 Å². The predicted molar refractivity (Wildman–Crippen MR) is 76.0 cm³/mol. The van der Waals surface area contributed by atoms with Crippen LogP contribution >= 0.6 is 15.9 Å². The molecular formula is C13H17BrFN3. The average molecular weight is 314 g/mol. The van der Waals surface area contributed by atoms with Gasteiger partial charge < -0.3 is 10.3 Å². The number of nitrogens with zero attached hydrogens (tertiary/aromatic N) is 2. The van der Waals surface area contributed by atoms with E-state index in [-0.39, 0.29) is 5.82 Å². The second-order valence-electron chi connectivity index (χ2n) is 4.45. The van der Waals surface area contributed by atoms with Gasteiger partial charge in [-0.3, -0.25) is 0 Å². The number of nitrogen functional groups attached to an aromatic ring is 1. The van der Waals surface area contributed by atoms with Crippen LogP contribution in [0.25, 0.3) is 11.0 Å². The summed E-state index contributed by atoms with van der Waals surface area (Å²) < 4.78 is 15.9. The molecule has 0 aliphatic carbocycles. The summed E-state index contributed by atoms with van der Waals surface area (Å²) >= 11 is 3.21. The highest BCUT2D eigenvalue weighted by molar-refractivity contribution is 9.10. The Balaban J connectivity index is 2.62. The maximum absolute atomic E-state index is 13.5. The Labute approximate surface area is 114 Å². The van der Waals surface area contributed by atoms with Gasteiger partial charge in [-0.25, -0.2) is 9.37 Å². The van der Waals surface area contributed by atoms with Gasteiger partial charge in [-0.15, -0.1) is 0 Å². The number of fused-ring (bicyclic) bond motifs is 1. The molecule has 0 fully saturated rings. The first kappa shape index (κ1) is 13.3. The summed E-state index contributed by atoms with van der Waals surface area (Å²) in [5.74, 6) is 0.151. The van der Waals surface area contributed by atoms with Crippen molar-refractivity contribution in [3.05, 3.63) is 22.4 Å². The zero-order valence-electron chi connectivity index (χ0n) is 10.6. The smallest absolute Gasteiger partial charge is 0.201 e. The number of hydrogen-bond acceptors (Lipinski definition) is 2. The number of anilines is 1. The molecule has 1 aromatic carbocycles. The molecule has 0 saturated carbocycles. The average Bonchev–Trinajstić information content (AvgIpc) is 2.63. The summed E-state index contributed by atoms with van der Waals surface area (Å²) in [6, 6.07) is 3.49. The lowest BCUT2D eigenvalue weighted by Crippen LogP contribution is -2.11. The Morgan fingerprint density at radius 1 is 1.44 bits per heavy atom. The van der Waals surface area contributed by atoms with Crippen molar-refractivity contribution in [2.24, 2.45) is 0 Å². The van der Waals surface area contributed by atoms with Crippen molar-refractivity contribution in [2.45, 2.75) is 39.2 Å². The van der Waals surface area contributed by atoms with Crippen molar-refractivity contribution >= 4 is 32.9 Å². The van der Waals surface area contributed by atoms with Crippen LogP contribution in [0.4, 0.5) is 10.3 Å². The first-order valence-electron chi connectivity index (χ1n) is 6.20. The van der Waals surface area contributed by atoms with Gasteiger partial charge in [0.1, 0.15) is 5.82 Å². The standard InChI is InChI=1S/C13H17BrFN3/c1-3-5-8(4-2)18-12-6-9(14)10(15)7-11(12)17-13(18)16/h6-8H,3-5H2,1-2H3,(H2,16,17). The molecule has 2 aromatic rings. The molecule has 1 atom stereocenters. The van der Waals surface area contributed by atoms with Crippen LogP contribution in [-0.4, -0.2) is 9.55 Å². The number of benzene rings is 1. The fourth-order valence-corrected chi connectivity index (χ4v) is 2.67. The van der Waals surface area contributed by atoms with E-state index < -0.39 is 0 Å². The maximum atomic E-state index is 13.5. The molecule has 1 heterocycles. The van der Waals surface area contributed by atoms with Crippen LogP contribution in [0, 0.1) is 5.82 Å². The molecule has 0 amide bonds. The van der Waals surface area contributed by atoms with Gasteiger partial charge in [0.2, 0.25) is 5.95 Å². The minimum absolute atomic E-state index is 0.310. The van der Waals surface area contributed by atoms with Crippen LogP contribution in [0.1, 0.15) is 39.2 Å². The minimum Gasteiger partial charge on any atom is -0.369 e. The second kappa shape index (κ2) is 5.26. The van der Waals surface area contributed by atoms with Crippen LogP contribution in [-0.2, 0) is 0 Å². The summed E-state index contributed by atoms with van der Waals surface area (Å²) in [6.45, 7) is 4.28. The monoisotopic (exact) mass is 313 g/mol. The van der Waals surface area contributed by atoms with Crippen molar-refractivity contribution in [1.29, 1.82) is 0 Å². The van der Waals surface area contributed by atoms with E-state index in [2.05, 4.69) is 34.8 Å². The van der Waals surface area contributed by atoms with E-state index in [1.165, 1.54) is 6.07 Å². The molecule has 98 valence electrons. The molecule has 0 aliphatic rings. The molecule has 0 spiro atoms. The first-order valence-corrected chi connectivity index (χ1v) is 7.00. The van der Waals surface area contributed by atoms with Gasteiger partial charge in [0.25, 0.3) is 0 Å². The Morgan fingerprint density at radius 2 is 2.17 bits per heavy atom. The third-order valence-electron chi connectivity index (χ3n) is 3.22. The van der Waals surface area contributed by atoms with Gasteiger partial charge in [-0.2, -0.15) is 0 Å². The third-order valence-corrected chi connectivity index (χ3v) is 3.82. The minimum atomic E-state index is -0.310. The molecule has 1 aromatic heterocycles. The van der Waals surface area contributed by atoms with E-state index in [1.54, 1.807) is 6.07 Å². The van der Waals surface area contributed by atoms with Gasteiger partial charge in [0.05, 0.1) is 15.5 Å². The summed E-state index contributed by atoms with van der Waals surface area (Å²) in [5, 5.41) is 0. The molecular weight excluding hydrogens is 297 g/mol. The van der Waals surface area contributed by atoms with Crippen molar-refractivity contribution in [2.75, 3.05) is 5.73 Å². The van der Waals surface area contributed by atoms with E-state index in [1.807, 2.05) is 4.57 Å². The Kier molecular flexibility index (Phi) is 3.90. The highest BCUT2D eigenvalue weighted by Gasteiger charge is 2.17. The molecule has 2 rings (SSSR count). The van der Waals surface area contributed by atoms with Crippen molar-refractivity contribution < 1.29 is 4.39 Å². The summed E-state index contributed by atoms with van der Waals surface area (Å²) in [4.78, 5) is 4.25. The lowest BCUT2D eigenvalue weighted by molar-refractivity contribution is 0.463. The van der Waals surface area contributed by atoms with Gasteiger partial charge in [0.15, 0.2) is 0 Å². The van der Waals surface area contributed by atoms with Crippen LogP contribution in [0.3, 0.4) is 0 Å². The van der Waals surface area contributed by atoms with E-state index in [4.69, 9.17) is 5.73 Å². The Bertz CT molecular complexity index is 565. The molecule has 3 nitrogen and oxygen atoms in total. The van der Waals surface area contributed by atoms with Gasteiger partial charge >= 0.3 is 0 Å². The number of aromatic nitrogens is 2. The Hall–Kier alpha value is -1.10. The number of hydrogen-bond donors (Lipinski definition) is 1. The SMILES string of the molecule is CCCC(CC)n1c(N)nc2cc(F)c(Br)cc21. The van der Waals surface area contributed by atoms with Crippen LogP contribution in [0.15, 0.2) is 16.6 Å². The van der Waals surface area contributed by atoms with E-state index in [0.29, 0.717) is 22.0 Å². The van der Waals surface area contributed by atoms with Gasteiger partial charge in [0, 0.05) is 12.1 Å². The third kappa shape index (κ3) is 2.23. The lowest BCUT2D eigenvalue weighted by atomic mass is 10.1. The zero-order valence-corrected chi connectivity index (χ0v) is 12.2. The molecule has 2 N–H and O–H groups in total. The van der Waals surface area contributed by atoms with Crippen molar-refractivity contribution in [3.8, 4) is 0 Å². The fourth-order valence-electron chi connectivity index (χ4n) is 2.34. The van der Waals surface area contributed by atoms with Crippen LogP contribution in [0.2, 0.25) is 0 Å².